The van der Waals surface area contributed by atoms with Gasteiger partial charge in [-0.15, -0.1) is 0 Å². The van der Waals surface area contributed by atoms with Crippen LogP contribution in [0.1, 0.15) is 5.76 Å². The number of carbonyl (C=O) groups is 1. The van der Waals surface area contributed by atoms with Gasteiger partial charge in [-0.2, -0.15) is 5.26 Å². The van der Waals surface area contributed by atoms with Crippen LogP contribution >= 0.6 is 0 Å². The van der Waals surface area contributed by atoms with Crippen molar-refractivity contribution in [1.29, 1.82) is 5.26 Å². The van der Waals surface area contributed by atoms with Gasteiger partial charge in [-0.1, -0.05) is 0 Å². The lowest BCUT2D eigenvalue weighted by Crippen LogP contribution is -2.41. The molecule has 1 aromatic carbocycles. The third-order valence-electron chi connectivity index (χ3n) is 3.94. The highest BCUT2D eigenvalue weighted by atomic mass is 16.5. The van der Waals surface area contributed by atoms with Crippen molar-refractivity contribution in [3.05, 3.63) is 47.7 Å². The van der Waals surface area contributed by atoms with E-state index in [2.05, 4.69) is 0 Å². The number of nitriles is 1. The fourth-order valence-corrected chi connectivity index (χ4v) is 2.56. The van der Waals surface area contributed by atoms with Crippen LogP contribution in [0, 0.1) is 11.3 Å². The van der Waals surface area contributed by atoms with Gasteiger partial charge in [-0.25, -0.2) is 0 Å². The summed E-state index contributed by atoms with van der Waals surface area (Å²) >= 11 is 0. The number of amides is 1. The maximum absolute atomic E-state index is 12.4. The second kappa shape index (κ2) is 7.69. The quantitative estimate of drug-likeness (QED) is 0.633. The van der Waals surface area contributed by atoms with E-state index < -0.39 is 0 Å². The minimum Gasteiger partial charge on any atom is -0.497 e. The number of benzene rings is 1. The molecule has 2 heterocycles. The lowest BCUT2D eigenvalue weighted by atomic mass is 10.2. The molecule has 6 heteroatoms. The van der Waals surface area contributed by atoms with Crippen LogP contribution < -0.4 is 4.74 Å². The van der Waals surface area contributed by atoms with Crippen LogP contribution in [0.25, 0.3) is 17.4 Å². The average molecular weight is 338 g/mol. The van der Waals surface area contributed by atoms with Crippen molar-refractivity contribution >= 4 is 12.0 Å². The molecule has 0 atom stereocenters. The van der Waals surface area contributed by atoms with E-state index in [1.54, 1.807) is 18.1 Å². The second-order valence-electron chi connectivity index (χ2n) is 5.50. The van der Waals surface area contributed by atoms with Gasteiger partial charge in [-0.05, 0) is 36.4 Å². The summed E-state index contributed by atoms with van der Waals surface area (Å²) in [4.78, 5) is 14.0. The molecule has 0 saturated carbocycles. The van der Waals surface area contributed by atoms with E-state index >= 15 is 0 Å². The van der Waals surface area contributed by atoms with Crippen LogP contribution in [-0.4, -0.2) is 44.2 Å². The lowest BCUT2D eigenvalue weighted by Gasteiger charge is -2.26. The van der Waals surface area contributed by atoms with Crippen molar-refractivity contribution < 1.29 is 18.7 Å². The van der Waals surface area contributed by atoms with Gasteiger partial charge in [0.2, 0.25) is 0 Å². The summed E-state index contributed by atoms with van der Waals surface area (Å²) in [6.07, 6.45) is 1.48. The molecule has 0 spiro atoms. The Hall–Kier alpha value is -3.04. The average Bonchev–Trinajstić information content (AvgIpc) is 3.15. The SMILES string of the molecule is COc1ccc(-c2ccc(/C=C(/C#N)C(=O)N3CCOCC3)o2)cc1. The lowest BCUT2D eigenvalue weighted by molar-refractivity contribution is -0.130. The Bertz CT molecular complexity index is 809. The summed E-state index contributed by atoms with van der Waals surface area (Å²) in [5.74, 6) is 1.58. The fraction of sp³-hybridized carbons (Fsp3) is 0.263. The molecule has 0 unspecified atom stereocenters. The first-order valence-corrected chi connectivity index (χ1v) is 7.94. The molecule has 2 aromatic rings. The van der Waals surface area contributed by atoms with Crippen LogP contribution in [0.15, 0.2) is 46.4 Å². The van der Waals surface area contributed by atoms with E-state index in [4.69, 9.17) is 13.9 Å². The minimum absolute atomic E-state index is 0.0533. The molecule has 1 aromatic heterocycles. The number of methoxy groups -OCH3 is 1. The zero-order valence-electron chi connectivity index (χ0n) is 13.9. The van der Waals surface area contributed by atoms with Crippen LogP contribution in [0.3, 0.4) is 0 Å². The van der Waals surface area contributed by atoms with Crippen LogP contribution in [0.5, 0.6) is 5.75 Å². The Labute approximate surface area is 145 Å². The number of carbonyl (C=O) groups excluding carboxylic acids is 1. The molecular formula is C19H18N2O4. The highest BCUT2D eigenvalue weighted by molar-refractivity contribution is 6.01. The van der Waals surface area contributed by atoms with Gasteiger partial charge < -0.3 is 18.8 Å². The molecule has 25 heavy (non-hydrogen) atoms. The first-order valence-electron chi connectivity index (χ1n) is 7.94. The zero-order valence-corrected chi connectivity index (χ0v) is 13.9. The summed E-state index contributed by atoms with van der Waals surface area (Å²) in [6, 6.07) is 13.0. The molecule has 1 aliphatic rings. The normalized spacial score (nSPS) is 14.9. The van der Waals surface area contributed by atoms with Gasteiger partial charge in [0, 0.05) is 24.7 Å². The third kappa shape index (κ3) is 3.90. The summed E-state index contributed by atoms with van der Waals surface area (Å²) in [6.45, 7) is 1.97. The second-order valence-corrected chi connectivity index (χ2v) is 5.50. The standard InChI is InChI=1S/C19H18N2O4/c1-23-16-4-2-14(3-5-16)18-7-6-17(25-18)12-15(13-20)19(22)21-8-10-24-11-9-21/h2-7,12H,8-11H2,1H3/b15-12-. The molecule has 0 bridgehead atoms. The van der Waals surface area contributed by atoms with Crippen molar-refractivity contribution in [2.24, 2.45) is 0 Å². The summed E-state index contributed by atoms with van der Waals surface area (Å²) in [5.41, 5.74) is 0.941. The highest BCUT2D eigenvalue weighted by Crippen LogP contribution is 2.25. The van der Waals surface area contributed by atoms with Crippen molar-refractivity contribution in [2.75, 3.05) is 33.4 Å². The van der Waals surface area contributed by atoms with Crippen LogP contribution in [0.2, 0.25) is 0 Å². The summed E-state index contributed by atoms with van der Waals surface area (Å²) < 4.78 is 16.1. The number of morpholine rings is 1. The summed E-state index contributed by atoms with van der Waals surface area (Å²) in [7, 11) is 1.61. The predicted octanol–water partition coefficient (Wildman–Crippen LogP) is 2.72. The largest absolute Gasteiger partial charge is 0.497 e. The molecule has 6 nitrogen and oxygen atoms in total. The number of hydrogen-bond donors (Lipinski definition) is 0. The number of furan rings is 1. The number of nitrogens with zero attached hydrogens (tertiary/aromatic N) is 2. The van der Waals surface area contributed by atoms with Crippen LogP contribution in [-0.2, 0) is 9.53 Å². The number of hydrogen-bond acceptors (Lipinski definition) is 5. The number of rotatable bonds is 4. The first-order chi connectivity index (χ1) is 12.2. The first kappa shape index (κ1) is 16.8. The maximum atomic E-state index is 12.4. The van der Waals surface area contributed by atoms with Crippen molar-refractivity contribution in [3.8, 4) is 23.1 Å². The van der Waals surface area contributed by atoms with Gasteiger partial charge in [0.25, 0.3) is 5.91 Å². The van der Waals surface area contributed by atoms with Gasteiger partial charge in [0.05, 0.1) is 20.3 Å². The smallest absolute Gasteiger partial charge is 0.264 e. The van der Waals surface area contributed by atoms with Crippen molar-refractivity contribution in [3.63, 3.8) is 0 Å². The highest BCUT2D eigenvalue weighted by Gasteiger charge is 2.21. The number of ether oxygens (including phenoxy) is 2. The van der Waals surface area contributed by atoms with Gasteiger partial charge in [-0.3, -0.25) is 4.79 Å². The maximum Gasteiger partial charge on any atom is 0.264 e. The predicted molar refractivity (Wildman–Crippen MR) is 91.7 cm³/mol. The Morgan fingerprint density at radius 3 is 2.56 bits per heavy atom. The molecule has 0 aliphatic carbocycles. The van der Waals surface area contributed by atoms with Crippen molar-refractivity contribution in [1.82, 2.24) is 4.90 Å². The van der Waals surface area contributed by atoms with Crippen molar-refractivity contribution in [2.45, 2.75) is 0 Å². The monoisotopic (exact) mass is 338 g/mol. The van der Waals surface area contributed by atoms with E-state index in [0.29, 0.717) is 37.8 Å². The van der Waals surface area contributed by atoms with Gasteiger partial charge >= 0.3 is 0 Å². The topological polar surface area (TPSA) is 75.7 Å². The van der Waals surface area contributed by atoms with E-state index in [9.17, 15) is 10.1 Å². The van der Waals surface area contributed by atoms with Gasteiger partial charge in [0.1, 0.15) is 28.9 Å². The summed E-state index contributed by atoms with van der Waals surface area (Å²) in [5, 5.41) is 9.32. The minimum atomic E-state index is -0.298. The third-order valence-corrected chi connectivity index (χ3v) is 3.94. The Kier molecular flexibility index (Phi) is 5.17. The van der Waals surface area contributed by atoms with E-state index in [1.807, 2.05) is 36.4 Å². The molecule has 0 radical (unpaired) electrons. The van der Waals surface area contributed by atoms with E-state index in [0.717, 1.165) is 11.3 Å². The molecule has 1 fully saturated rings. The molecule has 0 N–H and O–H groups in total. The molecular weight excluding hydrogens is 320 g/mol. The molecule has 1 saturated heterocycles. The Morgan fingerprint density at radius 1 is 1.20 bits per heavy atom. The molecule has 1 aliphatic heterocycles. The molecule has 1 amide bonds. The van der Waals surface area contributed by atoms with Crippen LogP contribution in [0.4, 0.5) is 0 Å². The fourth-order valence-electron chi connectivity index (χ4n) is 2.56. The Morgan fingerprint density at radius 2 is 1.92 bits per heavy atom. The van der Waals surface area contributed by atoms with E-state index in [1.165, 1.54) is 6.08 Å². The molecule has 128 valence electrons. The molecule has 3 rings (SSSR count). The van der Waals surface area contributed by atoms with Gasteiger partial charge in [0.15, 0.2) is 0 Å². The Balaban J connectivity index is 1.78. The zero-order chi connectivity index (χ0) is 17.6. The van der Waals surface area contributed by atoms with E-state index in [-0.39, 0.29) is 11.5 Å².